The Kier molecular flexibility index (Phi) is 3.19. The zero-order valence-corrected chi connectivity index (χ0v) is 7.28. The van der Waals surface area contributed by atoms with Crippen LogP contribution >= 0.6 is 0 Å². The molecule has 1 atom stereocenters. The second kappa shape index (κ2) is 4.18. The average Bonchev–Trinajstić information content (AvgIpc) is 2.48. The first-order valence-electron chi connectivity index (χ1n) is 3.81. The van der Waals surface area contributed by atoms with Crippen molar-refractivity contribution in [3.63, 3.8) is 0 Å². The summed E-state index contributed by atoms with van der Waals surface area (Å²) in [5.41, 5.74) is 5.53. The van der Waals surface area contributed by atoms with E-state index in [-0.39, 0.29) is 6.04 Å². The van der Waals surface area contributed by atoms with Gasteiger partial charge in [0.05, 0.1) is 12.6 Å². The van der Waals surface area contributed by atoms with Gasteiger partial charge in [0, 0.05) is 13.5 Å². The quantitative estimate of drug-likeness (QED) is 0.704. The number of hydrogen-bond acceptors (Lipinski definition) is 5. The molecule has 0 spiro atoms. The number of rotatable bonds is 4. The molecule has 0 bridgehead atoms. The monoisotopic (exact) mass is 171 g/mol. The summed E-state index contributed by atoms with van der Waals surface area (Å²) in [7, 11) is 1.63. The van der Waals surface area contributed by atoms with Crippen LogP contribution in [0.4, 0.5) is 0 Å². The van der Waals surface area contributed by atoms with E-state index in [4.69, 9.17) is 15.0 Å². The van der Waals surface area contributed by atoms with Gasteiger partial charge in [-0.1, -0.05) is 5.16 Å². The highest BCUT2D eigenvalue weighted by Crippen LogP contribution is 2.05. The molecule has 0 amide bonds. The van der Waals surface area contributed by atoms with Crippen LogP contribution in [0.15, 0.2) is 4.52 Å². The summed E-state index contributed by atoms with van der Waals surface area (Å²) in [6, 6.07) is -0.200. The molecule has 5 heteroatoms. The van der Waals surface area contributed by atoms with Crippen LogP contribution in [0.2, 0.25) is 0 Å². The summed E-state index contributed by atoms with van der Waals surface area (Å²) in [6.07, 6.45) is 0.659. The third-order valence-corrected chi connectivity index (χ3v) is 1.40. The molecule has 0 radical (unpaired) electrons. The standard InChI is InChI=1S/C7H13N3O2/c1-5(8)7-9-6(10-12-7)3-4-11-2/h5H,3-4,8H2,1-2H3. The minimum Gasteiger partial charge on any atom is -0.384 e. The maximum atomic E-state index is 5.53. The largest absolute Gasteiger partial charge is 0.384 e. The van der Waals surface area contributed by atoms with Crippen LogP contribution in [0.5, 0.6) is 0 Å². The van der Waals surface area contributed by atoms with Gasteiger partial charge in [-0.2, -0.15) is 4.98 Å². The van der Waals surface area contributed by atoms with Crippen molar-refractivity contribution in [3.05, 3.63) is 11.7 Å². The Morgan fingerprint density at radius 2 is 2.42 bits per heavy atom. The Hall–Kier alpha value is -0.940. The normalized spacial score (nSPS) is 13.2. The van der Waals surface area contributed by atoms with Crippen LogP contribution in [0.1, 0.15) is 24.7 Å². The van der Waals surface area contributed by atoms with E-state index in [2.05, 4.69) is 10.1 Å². The van der Waals surface area contributed by atoms with Crippen LogP contribution in [-0.2, 0) is 11.2 Å². The Morgan fingerprint density at radius 1 is 1.67 bits per heavy atom. The molecule has 0 aliphatic rings. The lowest BCUT2D eigenvalue weighted by Gasteiger charge is -1.93. The Labute approximate surface area is 70.9 Å². The predicted molar refractivity (Wildman–Crippen MR) is 42.5 cm³/mol. The van der Waals surface area contributed by atoms with E-state index in [1.54, 1.807) is 14.0 Å². The topological polar surface area (TPSA) is 74.2 Å². The zero-order valence-electron chi connectivity index (χ0n) is 7.28. The van der Waals surface area contributed by atoms with Gasteiger partial charge in [-0.15, -0.1) is 0 Å². The molecular formula is C7H13N3O2. The number of aromatic nitrogens is 2. The van der Waals surface area contributed by atoms with Gasteiger partial charge in [0.1, 0.15) is 0 Å². The molecule has 0 saturated heterocycles. The molecule has 1 unspecified atom stereocenters. The molecule has 2 N–H and O–H groups in total. The molecule has 0 aromatic carbocycles. The lowest BCUT2D eigenvalue weighted by molar-refractivity contribution is 0.199. The summed E-state index contributed by atoms with van der Waals surface area (Å²) in [5.74, 6) is 1.12. The number of methoxy groups -OCH3 is 1. The van der Waals surface area contributed by atoms with Gasteiger partial charge < -0.3 is 15.0 Å². The maximum absolute atomic E-state index is 5.53. The SMILES string of the molecule is COCCc1noc(C(C)N)n1. The van der Waals surface area contributed by atoms with E-state index in [1.807, 2.05) is 0 Å². The third-order valence-electron chi connectivity index (χ3n) is 1.40. The molecule has 0 aliphatic heterocycles. The lowest BCUT2D eigenvalue weighted by Crippen LogP contribution is -2.05. The molecule has 0 saturated carbocycles. The van der Waals surface area contributed by atoms with Gasteiger partial charge in [-0.25, -0.2) is 0 Å². The highest BCUT2D eigenvalue weighted by molar-refractivity contribution is 4.89. The number of nitrogens with zero attached hydrogens (tertiary/aromatic N) is 2. The van der Waals surface area contributed by atoms with Crippen molar-refractivity contribution >= 4 is 0 Å². The number of hydrogen-bond donors (Lipinski definition) is 1. The molecule has 68 valence electrons. The Morgan fingerprint density at radius 3 is 2.92 bits per heavy atom. The van der Waals surface area contributed by atoms with Gasteiger partial charge in [-0.05, 0) is 6.92 Å². The highest BCUT2D eigenvalue weighted by Gasteiger charge is 2.08. The van der Waals surface area contributed by atoms with E-state index in [9.17, 15) is 0 Å². The summed E-state index contributed by atoms with van der Waals surface area (Å²) in [4.78, 5) is 4.06. The minimum atomic E-state index is -0.200. The molecule has 0 fully saturated rings. The van der Waals surface area contributed by atoms with E-state index < -0.39 is 0 Å². The van der Waals surface area contributed by atoms with Crippen LogP contribution in [0.25, 0.3) is 0 Å². The van der Waals surface area contributed by atoms with E-state index in [0.29, 0.717) is 24.7 Å². The summed E-state index contributed by atoms with van der Waals surface area (Å²) >= 11 is 0. The van der Waals surface area contributed by atoms with E-state index in [0.717, 1.165) is 0 Å². The third kappa shape index (κ3) is 2.28. The van der Waals surface area contributed by atoms with Crippen molar-refractivity contribution < 1.29 is 9.26 Å². The molecule has 1 rings (SSSR count). The van der Waals surface area contributed by atoms with E-state index in [1.165, 1.54) is 0 Å². The fourth-order valence-corrected chi connectivity index (χ4v) is 0.747. The van der Waals surface area contributed by atoms with Crippen LogP contribution in [0, 0.1) is 0 Å². The zero-order chi connectivity index (χ0) is 8.97. The average molecular weight is 171 g/mol. The first-order chi connectivity index (χ1) is 5.74. The summed E-state index contributed by atoms with van der Waals surface area (Å²) < 4.78 is 9.74. The van der Waals surface area contributed by atoms with Crippen molar-refractivity contribution in [1.82, 2.24) is 10.1 Å². The first-order valence-corrected chi connectivity index (χ1v) is 3.81. The molecule has 5 nitrogen and oxygen atoms in total. The van der Waals surface area contributed by atoms with Crippen molar-refractivity contribution in [3.8, 4) is 0 Å². The second-order valence-electron chi connectivity index (χ2n) is 2.58. The van der Waals surface area contributed by atoms with Crippen molar-refractivity contribution in [1.29, 1.82) is 0 Å². The first kappa shape index (κ1) is 9.15. The molecule has 1 aromatic heterocycles. The summed E-state index contributed by atoms with van der Waals surface area (Å²) in [5, 5.41) is 3.73. The Bertz CT molecular complexity index is 234. The van der Waals surface area contributed by atoms with E-state index >= 15 is 0 Å². The van der Waals surface area contributed by atoms with Gasteiger partial charge in [0.2, 0.25) is 5.89 Å². The van der Waals surface area contributed by atoms with Crippen LogP contribution < -0.4 is 5.73 Å². The molecular weight excluding hydrogens is 158 g/mol. The number of nitrogens with two attached hydrogens (primary N) is 1. The molecule has 0 aliphatic carbocycles. The van der Waals surface area contributed by atoms with Gasteiger partial charge in [-0.3, -0.25) is 0 Å². The van der Waals surface area contributed by atoms with Gasteiger partial charge in [0.15, 0.2) is 5.82 Å². The summed E-state index contributed by atoms with van der Waals surface area (Å²) in [6.45, 7) is 2.39. The van der Waals surface area contributed by atoms with Crippen LogP contribution in [-0.4, -0.2) is 23.9 Å². The fourth-order valence-electron chi connectivity index (χ4n) is 0.747. The lowest BCUT2D eigenvalue weighted by atomic mass is 10.3. The second-order valence-corrected chi connectivity index (χ2v) is 2.58. The minimum absolute atomic E-state index is 0.200. The van der Waals surface area contributed by atoms with Crippen molar-refractivity contribution in [2.75, 3.05) is 13.7 Å². The molecule has 1 aromatic rings. The molecule has 12 heavy (non-hydrogen) atoms. The number of ether oxygens (including phenoxy) is 1. The van der Waals surface area contributed by atoms with Crippen molar-refractivity contribution in [2.24, 2.45) is 5.73 Å². The highest BCUT2D eigenvalue weighted by atomic mass is 16.5. The predicted octanol–water partition coefficient (Wildman–Crippen LogP) is 0.278. The smallest absolute Gasteiger partial charge is 0.243 e. The molecule has 1 heterocycles. The van der Waals surface area contributed by atoms with Gasteiger partial charge in [0.25, 0.3) is 0 Å². The van der Waals surface area contributed by atoms with Crippen molar-refractivity contribution in [2.45, 2.75) is 19.4 Å². The fraction of sp³-hybridized carbons (Fsp3) is 0.714. The Balaban J connectivity index is 2.52. The van der Waals surface area contributed by atoms with Gasteiger partial charge >= 0.3 is 0 Å². The van der Waals surface area contributed by atoms with Crippen LogP contribution in [0.3, 0.4) is 0 Å². The maximum Gasteiger partial charge on any atom is 0.243 e.